The summed E-state index contributed by atoms with van der Waals surface area (Å²) in [5.41, 5.74) is 0.645. The fraction of sp³-hybridized carbons (Fsp3) is 0.350. The first-order valence-electron chi connectivity index (χ1n) is 9.28. The van der Waals surface area contributed by atoms with Gasteiger partial charge in [0.15, 0.2) is 0 Å². The second-order valence-corrected chi connectivity index (χ2v) is 9.04. The third-order valence-electron chi connectivity index (χ3n) is 4.57. The Kier molecular flexibility index (Phi) is 8.34. The molecule has 2 rings (SSSR count). The Labute approximate surface area is 182 Å². The van der Waals surface area contributed by atoms with Crippen molar-refractivity contribution >= 4 is 44.8 Å². The van der Waals surface area contributed by atoms with Crippen LogP contribution in [0.1, 0.15) is 31.1 Å². The molecule has 0 aliphatic carbocycles. The van der Waals surface area contributed by atoms with Gasteiger partial charge in [-0.1, -0.05) is 43.1 Å². The highest BCUT2D eigenvalue weighted by atomic mass is 35.5. The van der Waals surface area contributed by atoms with E-state index in [1.807, 2.05) is 0 Å². The lowest BCUT2D eigenvalue weighted by Crippen LogP contribution is -2.42. The second kappa shape index (κ2) is 10.3. The van der Waals surface area contributed by atoms with Gasteiger partial charge < -0.3 is 5.32 Å². The predicted molar refractivity (Wildman–Crippen MR) is 118 cm³/mol. The summed E-state index contributed by atoms with van der Waals surface area (Å²) in [4.78, 5) is 14.7. The Morgan fingerprint density at radius 2 is 1.76 bits per heavy atom. The second-order valence-electron chi connectivity index (χ2n) is 6.54. The molecule has 0 aliphatic heterocycles. The molecule has 6 nitrogen and oxygen atoms in total. The average Bonchev–Trinajstić information content (AvgIpc) is 2.69. The molecule has 0 saturated heterocycles. The number of anilines is 1. The molecular weight excluding hydrogens is 433 g/mol. The topological polar surface area (TPSA) is 78.5 Å². The number of halogens is 2. The van der Waals surface area contributed by atoms with Crippen LogP contribution in [-0.4, -0.2) is 44.9 Å². The lowest BCUT2D eigenvalue weighted by Gasteiger charge is -2.26. The quantitative estimate of drug-likeness (QED) is 0.589. The van der Waals surface area contributed by atoms with Crippen LogP contribution in [0.5, 0.6) is 0 Å². The Bertz CT molecular complexity index is 963. The Morgan fingerprint density at radius 3 is 2.38 bits per heavy atom. The van der Waals surface area contributed by atoms with Crippen LogP contribution in [0.25, 0.3) is 0 Å². The molecule has 29 heavy (non-hydrogen) atoms. The molecule has 0 radical (unpaired) electrons. The molecular formula is C20H25Cl2N3O3S. The number of amides is 1. The van der Waals surface area contributed by atoms with Crippen LogP contribution in [0.3, 0.4) is 0 Å². The molecule has 158 valence electrons. The number of likely N-dealkylation sites (N-methyl/N-ethyl adjacent to an activating group) is 1. The van der Waals surface area contributed by atoms with Crippen LogP contribution < -0.4 is 10.0 Å². The maximum atomic E-state index is 12.6. The van der Waals surface area contributed by atoms with Crippen LogP contribution >= 0.6 is 23.2 Å². The van der Waals surface area contributed by atoms with Gasteiger partial charge in [0.25, 0.3) is 15.9 Å². The van der Waals surface area contributed by atoms with Crippen LogP contribution in [0, 0.1) is 0 Å². The van der Waals surface area contributed by atoms with Gasteiger partial charge >= 0.3 is 0 Å². The standard InChI is InChI=1S/C20H25Cl2N3O3S/c1-4-25(5-2)14(3)13-23-20(26)15-7-6-8-16(11-15)24-29(27,28)17-9-10-18(21)19(22)12-17/h6-12,14,24H,4-5,13H2,1-3H3,(H,23,26). The van der Waals surface area contributed by atoms with Crippen molar-refractivity contribution in [2.45, 2.75) is 31.7 Å². The van der Waals surface area contributed by atoms with Gasteiger partial charge in [0.05, 0.1) is 14.9 Å². The molecule has 2 aromatic rings. The van der Waals surface area contributed by atoms with E-state index >= 15 is 0 Å². The molecule has 2 N–H and O–H groups in total. The third-order valence-corrected chi connectivity index (χ3v) is 6.69. The lowest BCUT2D eigenvalue weighted by molar-refractivity contribution is 0.0938. The molecule has 0 aromatic heterocycles. The summed E-state index contributed by atoms with van der Waals surface area (Å²) in [6.45, 7) is 8.50. The monoisotopic (exact) mass is 457 g/mol. The number of sulfonamides is 1. The highest BCUT2D eigenvalue weighted by molar-refractivity contribution is 7.92. The molecule has 1 unspecified atom stereocenters. The fourth-order valence-corrected chi connectivity index (χ4v) is 4.34. The largest absolute Gasteiger partial charge is 0.350 e. The Balaban J connectivity index is 2.10. The molecule has 0 saturated carbocycles. The van der Waals surface area contributed by atoms with E-state index < -0.39 is 10.0 Å². The first-order valence-corrected chi connectivity index (χ1v) is 11.5. The number of rotatable bonds is 9. The molecule has 0 bridgehead atoms. The van der Waals surface area contributed by atoms with E-state index in [2.05, 4.69) is 35.7 Å². The first kappa shape index (κ1) is 23.5. The van der Waals surface area contributed by atoms with Crippen LogP contribution in [0.15, 0.2) is 47.4 Å². The number of hydrogen-bond donors (Lipinski definition) is 2. The normalized spacial score (nSPS) is 12.6. The van der Waals surface area contributed by atoms with Crippen molar-refractivity contribution < 1.29 is 13.2 Å². The zero-order valence-electron chi connectivity index (χ0n) is 16.6. The van der Waals surface area contributed by atoms with E-state index in [0.717, 1.165) is 13.1 Å². The van der Waals surface area contributed by atoms with E-state index in [4.69, 9.17) is 23.2 Å². The summed E-state index contributed by atoms with van der Waals surface area (Å²) in [5, 5.41) is 3.30. The van der Waals surface area contributed by atoms with Gasteiger partial charge in [-0.2, -0.15) is 0 Å². The zero-order valence-corrected chi connectivity index (χ0v) is 18.9. The number of carbonyl (C=O) groups is 1. The van der Waals surface area contributed by atoms with Crippen LogP contribution in [0.4, 0.5) is 5.69 Å². The van der Waals surface area contributed by atoms with Crippen molar-refractivity contribution in [1.82, 2.24) is 10.2 Å². The molecule has 0 heterocycles. The van der Waals surface area contributed by atoms with Gasteiger partial charge in [-0.15, -0.1) is 0 Å². The Morgan fingerprint density at radius 1 is 1.07 bits per heavy atom. The minimum absolute atomic E-state index is 0.0187. The number of benzene rings is 2. The highest BCUT2D eigenvalue weighted by Gasteiger charge is 2.17. The van der Waals surface area contributed by atoms with Gasteiger partial charge in [0.1, 0.15) is 0 Å². The summed E-state index contributed by atoms with van der Waals surface area (Å²) in [7, 11) is -3.87. The van der Waals surface area contributed by atoms with Gasteiger partial charge in [0.2, 0.25) is 0 Å². The van der Waals surface area contributed by atoms with E-state index in [1.54, 1.807) is 18.2 Å². The molecule has 0 aliphatic rings. The first-order chi connectivity index (χ1) is 13.7. The maximum Gasteiger partial charge on any atom is 0.261 e. The summed E-state index contributed by atoms with van der Waals surface area (Å²) in [6.07, 6.45) is 0. The van der Waals surface area contributed by atoms with Gasteiger partial charge in [-0.3, -0.25) is 14.4 Å². The van der Waals surface area contributed by atoms with Crippen LogP contribution in [-0.2, 0) is 10.0 Å². The summed E-state index contributed by atoms with van der Waals surface area (Å²) < 4.78 is 27.6. The van der Waals surface area contributed by atoms with Crippen molar-refractivity contribution in [3.63, 3.8) is 0 Å². The summed E-state index contributed by atoms with van der Waals surface area (Å²) in [5.74, 6) is -0.264. The van der Waals surface area contributed by atoms with Crippen molar-refractivity contribution in [3.05, 3.63) is 58.1 Å². The van der Waals surface area contributed by atoms with Crippen molar-refractivity contribution in [2.75, 3.05) is 24.4 Å². The summed E-state index contributed by atoms with van der Waals surface area (Å²) >= 11 is 11.8. The van der Waals surface area contributed by atoms with E-state index in [9.17, 15) is 13.2 Å². The number of hydrogen-bond acceptors (Lipinski definition) is 4. The van der Waals surface area contributed by atoms with Crippen molar-refractivity contribution in [2.24, 2.45) is 0 Å². The maximum absolute atomic E-state index is 12.6. The summed E-state index contributed by atoms with van der Waals surface area (Å²) in [6, 6.07) is 10.6. The fourth-order valence-electron chi connectivity index (χ4n) is 2.90. The van der Waals surface area contributed by atoms with Gasteiger partial charge in [-0.05, 0) is 56.4 Å². The van der Waals surface area contributed by atoms with E-state index in [-0.39, 0.29) is 32.6 Å². The molecule has 1 amide bonds. The minimum atomic E-state index is -3.87. The Hall–Kier alpha value is -1.80. The van der Waals surface area contributed by atoms with E-state index in [1.165, 1.54) is 24.3 Å². The SMILES string of the molecule is CCN(CC)C(C)CNC(=O)c1cccc(NS(=O)(=O)c2ccc(Cl)c(Cl)c2)c1. The highest BCUT2D eigenvalue weighted by Crippen LogP contribution is 2.26. The molecule has 9 heteroatoms. The zero-order chi connectivity index (χ0) is 21.6. The van der Waals surface area contributed by atoms with Crippen molar-refractivity contribution in [1.29, 1.82) is 0 Å². The van der Waals surface area contributed by atoms with Crippen molar-refractivity contribution in [3.8, 4) is 0 Å². The molecule has 0 spiro atoms. The van der Waals surface area contributed by atoms with E-state index in [0.29, 0.717) is 12.1 Å². The smallest absolute Gasteiger partial charge is 0.261 e. The third kappa shape index (κ3) is 6.34. The molecule has 2 aromatic carbocycles. The molecule has 0 fully saturated rings. The predicted octanol–water partition coefficient (Wildman–Crippen LogP) is 4.25. The lowest BCUT2D eigenvalue weighted by atomic mass is 10.2. The number of nitrogens with one attached hydrogen (secondary N) is 2. The average molecular weight is 458 g/mol. The molecule has 1 atom stereocenters. The number of carbonyl (C=O) groups excluding carboxylic acids is 1. The van der Waals surface area contributed by atoms with Gasteiger partial charge in [0, 0.05) is 23.8 Å². The minimum Gasteiger partial charge on any atom is -0.350 e. The number of nitrogens with zero attached hydrogens (tertiary/aromatic N) is 1. The van der Waals surface area contributed by atoms with Crippen LogP contribution in [0.2, 0.25) is 10.0 Å². The van der Waals surface area contributed by atoms with Gasteiger partial charge in [-0.25, -0.2) is 8.42 Å².